The summed E-state index contributed by atoms with van der Waals surface area (Å²) in [6, 6.07) is 14.6. The van der Waals surface area contributed by atoms with Gasteiger partial charge < -0.3 is 14.2 Å². The van der Waals surface area contributed by atoms with Crippen molar-refractivity contribution in [3.8, 4) is 22.9 Å². The van der Waals surface area contributed by atoms with Gasteiger partial charge in [0.25, 0.3) is 0 Å². The number of ether oxygens (including phenoxy) is 3. The molecule has 3 aromatic rings. The molecule has 0 saturated carbocycles. The van der Waals surface area contributed by atoms with Crippen molar-refractivity contribution in [1.29, 1.82) is 0 Å². The highest BCUT2D eigenvalue weighted by Crippen LogP contribution is 2.52. The third kappa shape index (κ3) is 4.32. The Labute approximate surface area is 201 Å². The van der Waals surface area contributed by atoms with E-state index < -0.39 is 35.1 Å². The molecule has 0 saturated heterocycles. The first-order valence-corrected chi connectivity index (χ1v) is 10.7. The Kier molecular flexibility index (Phi) is 6.26. The van der Waals surface area contributed by atoms with Gasteiger partial charge in [-0.2, -0.15) is 0 Å². The van der Waals surface area contributed by atoms with Crippen LogP contribution in [-0.2, 0) is 14.3 Å². The maximum atomic E-state index is 14.8. The molecular formula is C26H23FN2O6. The predicted octanol–water partition coefficient (Wildman–Crippen LogP) is 4.82. The highest BCUT2D eigenvalue weighted by molar-refractivity contribution is 5.96. The molecule has 0 bridgehead atoms. The quantitative estimate of drug-likeness (QED) is 0.536. The number of nitrogens with one attached hydrogen (secondary N) is 1. The second-order valence-electron chi connectivity index (χ2n) is 8.52. The molecule has 35 heavy (non-hydrogen) atoms. The smallest absolute Gasteiger partial charge is 0.413 e. The van der Waals surface area contributed by atoms with Gasteiger partial charge in [-0.3, -0.25) is 10.1 Å². The van der Waals surface area contributed by atoms with Crippen LogP contribution in [0, 0.1) is 11.2 Å². The highest BCUT2D eigenvalue weighted by atomic mass is 19.1. The Balaban J connectivity index is 1.79. The number of carbonyl (C=O) groups is 3. The van der Waals surface area contributed by atoms with E-state index in [4.69, 9.17) is 9.47 Å². The lowest BCUT2D eigenvalue weighted by atomic mass is 9.69. The number of amides is 2. The number of aromatic nitrogens is 1. The number of hydrogen-bond donors (Lipinski definition) is 1. The van der Waals surface area contributed by atoms with Gasteiger partial charge in [-0.05, 0) is 24.3 Å². The molecule has 9 heteroatoms. The number of halogens is 1. The molecule has 0 radical (unpaired) electrons. The molecule has 2 amide bonds. The molecule has 1 N–H and O–H groups in total. The molecule has 1 atom stereocenters. The number of esters is 1. The molecular weight excluding hydrogens is 455 g/mol. The summed E-state index contributed by atoms with van der Waals surface area (Å²) in [7, 11) is 2.46. The number of para-hydroxylation sites is 1. The van der Waals surface area contributed by atoms with Crippen molar-refractivity contribution in [1.82, 2.24) is 10.3 Å². The van der Waals surface area contributed by atoms with Crippen molar-refractivity contribution in [3.05, 3.63) is 77.1 Å². The number of imide groups is 1. The van der Waals surface area contributed by atoms with E-state index in [0.717, 1.165) is 7.11 Å². The lowest BCUT2D eigenvalue weighted by molar-refractivity contribution is -0.129. The Morgan fingerprint density at radius 3 is 2.34 bits per heavy atom. The van der Waals surface area contributed by atoms with Gasteiger partial charge in [0.1, 0.15) is 0 Å². The second kappa shape index (κ2) is 9.17. The van der Waals surface area contributed by atoms with Gasteiger partial charge in [0.15, 0.2) is 11.6 Å². The molecule has 180 valence electrons. The number of benzene rings is 2. The topological polar surface area (TPSA) is 104 Å². The molecule has 1 aromatic heterocycles. The number of fused-ring (bicyclic) bond motifs is 2. The van der Waals surface area contributed by atoms with Crippen molar-refractivity contribution in [2.45, 2.75) is 19.8 Å². The summed E-state index contributed by atoms with van der Waals surface area (Å²) in [5, 5.41) is 2.21. The fraction of sp³-hybridized carbons (Fsp3) is 0.231. The first-order chi connectivity index (χ1) is 16.7. The average Bonchev–Trinajstić information content (AvgIpc) is 2.86. The van der Waals surface area contributed by atoms with Crippen LogP contribution in [0.4, 0.5) is 9.18 Å². The van der Waals surface area contributed by atoms with E-state index in [1.165, 1.54) is 19.2 Å². The number of methoxy groups -OCH3 is 2. The third-order valence-electron chi connectivity index (χ3n) is 6.02. The molecule has 0 aliphatic carbocycles. The minimum absolute atomic E-state index is 0.0327. The number of nitrogens with zero attached hydrogens (tertiary/aromatic N) is 1. The van der Waals surface area contributed by atoms with Gasteiger partial charge in [-0.1, -0.05) is 44.2 Å². The Morgan fingerprint density at radius 1 is 0.971 bits per heavy atom. The van der Waals surface area contributed by atoms with Gasteiger partial charge in [0.2, 0.25) is 11.8 Å². The Hall–Kier alpha value is -4.27. The van der Waals surface area contributed by atoms with Gasteiger partial charge in [0.05, 0.1) is 30.9 Å². The van der Waals surface area contributed by atoms with Crippen LogP contribution in [0.25, 0.3) is 11.3 Å². The Bertz CT molecular complexity index is 1320. The predicted molar refractivity (Wildman–Crippen MR) is 124 cm³/mol. The van der Waals surface area contributed by atoms with Crippen molar-refractivity contribution in [2.75, 3.05) is 14.2 Å². The monoisotopic (exact) mass is 478 g/mol. The first-order valence-electron chi connectivity index (χ1n) is 10.7. The van der Waals surface area contributed by atoms with E-state index in [1.807, 2.05) is 0 Å². The lowest BCUT2D eigenvalue weighted by Gasteiger charge is -2.37. The van der Waals surface area contributed by atoms with Crippen LogP contribution in [0.1, 0.15) is 41.3 Å². The van der Waals surface area contributed by atoms with E-state index in [0.29, 0.717) is 27.9 Å². The molecule has 4 rings (SSSR count). The molecule has 0 unspecified atom stereocenters. The minimum atomic E-state index is -1.21. The zero-order valence-electron chi connectivity index (χ0n) is 19.5. The zero-order chi connectivity index (χ0) is 25.3. The normalized spacial score (nSPS) is 14.1. The van der Waals surface area contributed by atoms with E-state index in [-0.39, 0.29) is 11.6 Å². The van der Waals surface area contributed by atoms with E-state index >= 15 is 0 Å². The number of pyridine rings is 1. The van der Waals surface area contributed by atoms with Gasteiger partial charge in [0, 0.05) is 22.6 Å². The number of hydrogen-bond acceptors (Lipinski definition) is 7. The standard InChI is InChI=1S/C26H23FN2O6/c1-26(2,24(31)29-25(32)34-4)20-16-6-5-7-18(27)21(16)35-22-17(20)12-13-19(28-22)14-8-10-15(11-9-14)23(30)33-3/h5-13,20H,1-4H3,(H,29,31,32)/t20-/m0/s1. The maximum absolute atomic E-state index is 14.8. The van der Waals surface area contributed by atoms with Crippen LogP contribution in [0.3, 0.4) is 0 Å². The maximum Gasteiger partial charge on any atom is 0.413 e. The molecule has 1 aliphatic rings. The van der Waals surface area contributed by atoms with Crippen molar-refractivity contribution >= 4 is 18.0 Å². The van der Waals surface area contributed by atoms with E-state index in [1.54, 1.807) is 56.3 Å². The second-order valence-corrected chi connectivity index (χ2v) is 8.52. The minimum Gasteiger partial charge on any atom is -0.465 e. The van der Waals surface area contributed by atoms with Crippen molar-refractivity contribution < 1.29 is 33.0 Å². The van der Waals surface area contributed by atoms with Crippen LogP contribution in [0.5, 0.6) is 11.6 Å². The molecule has 8 nitrogen and oxygen atoms in total. The van der Waals surface area contributed by atoms with E-state index in [2.05, 4.69) is 15.0 Å². The number of alkyl carbamates (subject to hydrolysis) is 1. The van der Waals surface area contributed by atoms with Crippen LogP contribution >= 0.6 is 0 Å². The Morgan fingerprint density at radius 2 is 1.69 bits per heavy atom. The van der Waals surface area contributed by atoms with Gasteiger partial charge >= 0.3 is 12.1 Å². The molecule has 2 heterocycles. The average molecular weight is 478 g/mol. The summed E-state index contributed by atoms with van der Waals surface area (Å²) in [5.41, 5.74) is 1.42. The van der Waals surface area contributed by atoms with Crippen molar-refractivity contribution in [2.24, 2.45) is 5.41 Å². The van der Waals surface area contributed by atoms with Crippen molar-refractivity contribution in [3.63, 3.8) is 0 Å². The lowest BCUT2D eigenvalue weighted by Crippen LogP contribution is -2.44. The van der Waals surface area contributed by atoms with E-state index in [9.17, 15) is 18.8 Å². The summed E-state index contributed by atoms with van der Waals surface area (Å²) in [4.78, 5) is 41.0. The first kappa shape index (κ1) is 23.9. The number of carbonyl (C=O) groups excluding carboxylic acids is 3. The third-order valence-corrected chi connectivity index (χ3v) is 6.02. The van der Waals surface area contributed by atoms with Crippen LogP contribution in [0.15, 0.2) is 54.6 Å². The SMILES string of the molecule is COC(=O)NC(=O)C(C)(C)[C@@H]1c2ccc(-c3ccc(C(=O)OC)cc3)nc2Oc2c(F)cccc21. The van der Waals surface area contributed by atoms with Crippen LogP contribution < -0.4 is 10.1 Å². The molecule has 0 spiro atoms. The summed E-state index contributed by atoms with van der Waals surface area (Å²) < 4.78 is 30.0. The summed E-state index contributed by atoms with van der Waals surface area (Å²) in [6.07, 6.45) is -0.890. The summed E-state index contributed by atoms with van der Waals surface area (Å²) in [5.74, 6) is -2.22. The zero-order valence-corrected chi connectivity index (χ0v) is 19.5. The molecule has 0 fully saturated rings. The van der Waals surface area contributed by atoms with Gasteiger partial charge in [-0.15, -0.1) is 0 Å². The fourth-order valence-corrected chi connectivity index (χ4v) is 4.15. The highest BCUT2D eigenvalue weighted by Gasteiger charge is 2.45. The fourth-order valence-electron chi connectivity index (χ4n) is 4.15. The van der Waals surface area contributed by atoms with Gasteiger partial charge in [-0.25, -0.2) is 19.0 Å². The van der Waals surface area contributed by atoms with Crippen LogP contribution in [-0.4, -0.2) is 37.2 Å². The summed E-state index contributed by atoms with van der Waals surface area (Å²) >= 11 is 0. The summed E-state index contributed by atoms with van der Waals surface area (Å²) in [6.45, 7) is 3.30. The largest absolute Gasteiger partial charge is 0.465 e. The van der Waals surface area contributed by atoms with Crippen LogP contribution in [0.2, 0.25) is 0 Å². The molecule has 1 aliphatic heterocycles. The molecule has 2 aromatic carbocycles. The number of rotatable bonds is 4.